The van der Waals surface area contributed by atoms with E-state index in [1.54, 1.807) is 0 Å². The van der Waals surface area contributed by atoms with Crippen molar-refractivity contribution >= 4 is 23.0 Å². The van der Waals surface area contributed by atoms with Crippen molar-refractivity contribution in [2.45, 2.75) is 45.0 Å². The van der Waals surface area contributed by atoms with Gasteiger partial charge in [0.1, 0.15) is 5.75 Å². The van der Waals surface area contributed by atoms with E-state index in [0.29, 0.717) is 22.8 Å². The Bertz CT molecular complexity index is 505. The maximum Gasteiger partial charge on any atom is 0.573 e. The van der Waals surface area contributed by atoms with Gasteiger partial charge in [-0.3, -0.25) is 0 Å². The molecule has 1 aliphatic carbocycles. The Morgan fingerprint density at radius 1 is 1.18 bits per heavy atom. The number of nitrogens with one attached hydrogen (secondary N) is 2. The first-order valence-corrected chi connectivity index (χ1v) is 7.67. The smallest absolute Gasteiger partial charge is 0.406 e. The first kappa shape index (κ1) is 16.9. The molecular formula is C15H19F3N2OS. The Morgan fingerprint density at radius 3 is 2.41 bits per heavy atom. The molecule has 3 nitrogen and oxygen atoms in total. The van der Waals surface area contributed by atoms with Gasteiger partial charge in [0, 0.05) is 11.7 Å². The van der Waals surface area contributed by atoms with E-state index in [4.69, 9.17) is 12.2 Å². The Hall–Kier alpha value is -1.50. The van der Waals surface area contributed by atoms with Crippen LogP contribution >= 0.6 is 12.2 Å². The number of benzene rings is 1. The Morgan fingerprint density at radius 2 is 1.82 bits per heavy atom. The minimum Gasteiger partial charge on any atom is -0.406 e. The number of halogens is 3. The van der Waals surface area contributed by atoms with Crippen molar-refractivity contribution in [3.05, 3.63) is 24.3 Å². The Kier molecular flexibility index (Phi) is 5.50. The number of thiocarbonyl (C=S) groups is 1. The highest BCUT2D eigenvalue weighted by Gasteiger charge is 2.31. The van der Waals surface area contributed by atoms with E-state index in [-0.39, 0.29) is 5.75 Å². The second-order valence-corrected chi connectivity index (χ2v) is 5.95. The Labute approximate surface area is 133 Å². The third-order valence-electron chi connectivity index (χ3n) is 3.77. The highest BCUT2D eigenvalue weighted by molar-refractivity contribution is 7.80. The van der Waals surface area contributed by atoms with Crippen LogP contribution in [-0.2, 0) is 0 Å². The standard InChI is InChI=1S/C15H19F3N2OS/c1-10-4-2-3-5-13(10)20-14(22)19-11-6-8-12(9-7-11)21-15(16,17)18/h6-10,13H,2-5H2,1H3,(H2,19,20,22)/t10-,13-/m0/s1. The topological polar surface area (TPSA) is 33.3 Å². The van der Waals surface area contributed by atoms with Crippen LogP contribution in [0.3, 0.4) is 0 Å². The molecule has 0 amide bonds. The number of hydrogen-bond donors (Lipinski definition) is 2. The van der Waals surface area contributed by atoms with Gasteiger partial charge in [-0.25, -0.2) is 0 Å². The molecule has 122 valence electrons. The minimum atomic E-state index is -4.68. The molecule has 0 aromatic heterocycles. The summed E-state index contributed by atoms with van der Waals surface area (Å²) in [5, 5.41) is 6.75. The van der Waals surface area contributed by atoms with Gasteiger partial charge in [0.25, 0.3) is 0 Å². The van der Waals surface area contributed by atoms with Crippen LogP contribution in [0.1, 0.15) is 32.6 Å². The van der Waals surface area contributed by atoms with Gasteiger partial charge in [-0.15, -0.1) is 13.2 Å². The summed E-state index contributed by atoms with van der Waals surface area (Å²) < 4.78 is 40.1. The zero-order chi connectivity index (χ0) is 16.2. The fourth-order valence-corrected chi connectivity index (χ4v) is 2.88. The Balaban J connectivity index is 1.86. The van der Waals surface area contributed by atoms with E-state index in [0.717, 1.165) is 6.42 Å². The van der Waals surface area contributed by atoms with Crippen LogP contribution in [0.25, 0.3) is 0 Å². The predicted molar refractivity (Wildman–Crippen MR) is 83.9 cm³/mol. The van der Waals surface area contributed by atoms with Gasteiger partial charge in [0.05, 0.1) is 0 Å². The van der Waals surface area contributed by atoms with E-state index >= 15 is 0 Å². The molecule has 7 heteroatoms. The molecule has 2 rings (SSSR count). The molecule has 1 saturated carbocycles. The summed E-state index contributed by atoms with van der Waals surface area (Å²) in [6, 6.07) is 5.85. The molecule has 0 radical (unpaired) electrons. The van der Waals surface area contributed by atoms with E-state index in [1.165, 1.54) is 43.5 Å². The van der Waals surface area contributed by atoms with Crippen LogP contribution in [0.4, 0.5) is 18.9 Å². The monoisotopic (exact) mass is 332 g/mol. The molecule has 1 aromatic carbocycles. The second-order valence-electron chi connectivity index (χ2n) is 5.54. The molecule has 2 N–H and O–H groups in total. The van der Waals surface area contributed by atoms with Crippen LogP contribution in [0.5, 0.6) is 5.75 Å². The number of hydrogen-bond acceptors (Lipinski definition) is 2. The summed E-state index contributed by atoms with van der Waals surface area (Å²) >= 11 is 5.26. The van der Waals surface area contributed by atoms with Gasteiger partial charge in [-0.05, 0) is 55.2 Å². The fraction of sp³-hybridized carbons (Fsp3) is 0.533. The highest BCUT2D eigenvalue weighted by Crippen LogP contribution is 2.25. The lowest BCUT2D eigenvalue weighted by Gasteiger charge is -2.30. The number of anilines is 1. The highest BCUT2D eigenvalue weighted by atomic mass is 32.1. The maximum atomic E-state index is 12.1. The van der Waals surface area contributed by atoms with Crippen LogP contribution in [0.15, 0.2) is 24.3 Å². The van der Waals surface area contributed by atoms with Crippen molar-refractivity contribution < 1.29 is 17.9 Å². The van der Waals surface area contributed by atoms with Crippen molar-refractivity contribution in [1.82, 2.24) is 5.32 Å². The van der Waals surface area contributed by atoms with Gasteiger partial charge in [-0.2, -0.15) is 0 Å². The number of rotatable bonds is 3. The number of ether oxygens (including phenoxy) is 1. The van der Waals surface area contributed by atoms with E-state index < -0.39 is 6.36 Å². The molecule has 0 aliphatic heterocycles. The van der Waals surface area contributed by atoms with Gasteiger partial charge in [0.15, 0.2) is 5.11 Å². The van der Waals surface area contributed by atoms with Gasteiger partial charge in [0.2, 0.25) is 0 Å². The first-order chi connectivity index (χ1) is 10.3. The average molecular weight is 332 g/mol. The van der Waals surface area contributed by atoms with Crippen LogP contribution in [0.2, 0.25) is 0 Å². The fourth-order valence-electron chi connectivity index (χ4n) is 2.61. The molecule has 1 fully saturated rings. The van der Waals surface area contributed by atoms with Crippen LogP contribution in [0, 0.1) is 5.92 Å². The quantitative estimate of drug-likeness (QED) is 0.801. The van der Waals surface area contributed by atoms with Crippen LogP contribution < -0.4 is 15.4 Å². The summed E-state index contributed by atoms with van der Waals surface area (Å²) in [5.41, 5.74) is 0.621. The molecule has 0 heterocycles. The number of alkyl halides is 3. The normalized spacial score (nSPS) is 22.0. The minimum absolute atomic E-state index is 0.252. The lowest BCUT2D eigenvalue weighted by atomic mass is 9.86. The molecule has 0 saturated heterocycles. The van der Waals surface area contributed by atoms with Gasteiger partial charge < -0.3 is 15.4 Å². The van der Waals surface area contributed by atoms with Crippen molar-refractivity contribution in [3.63, 3.8) is 0 Å². The molecule has 1 aromatic rings. The lowest BCUT2D eigenvalue weighted by Crippen LogP contribution is -2.43. The lowest BCUT2D eigenvalue weighted by molar-refractivity contribution is -0.274. The van der Waals surface area contributed by atoms with E-state index in [9.17, 15) is 13.2 Å². The SMILES string of the molecule is C[C@H]1CCCC[C@@H]1NC(=S)Nc1ccc(OC(F)(F)F)cc1. The van der Waals surface area contributed by atoms with Crippen molar-refractivity contribution in [2.24, 2.45) is 5.92 Å². The molecule has 2 atom stereocenters. The molecular weight excluding hydrogens is 313 g/mol. The van der Waals surface area contributed by atoms with Crippen LogP contribution in [-0.4, -0.2) is 17.5 Å². The summed E-state index contributed by atoms with van der Waals surface area (Å²) in [6.45, 7) is 2.20. The molecule has 22 heavy (non-hydrogen) atoms. The van der Waals surface area contributed by atoms with E-state index in [1.807, 2.05) is 0 Å². The summed E-state index contributed by atoms with van der Waals surface area (Å²) in [5.74, 6) is 0.314. The predicted octanol–water partition coefficient (Wildman–Crippen LogP) is 4.45. The third-order valence-corrected chi connectivity index (χ3v) is 3.99. The van der Waals surface area contributed by atoms with Crippen molar-refractivity contribution in [2.75, 3.05) is 5.32 Å². The molecule has 0 bridgehead atoms. The summed E-state index contributed by atoms with van der Waals surface area (Å²) in [4.78, 5) is 0. The average Bonchev–Trinajstić information content (AvgIpc) is 2.42. The summed E-state index contributed by atoms with van der Waals surface area (Å²) in [7, 11) is 0. The maximum absolute atomic E-state index is 12.1. The van der Waals surface area contributed by atoms with Gasteiger partial charge >= 0.3 is 6.36 Å². The first-order valence-electron chi connectivity index (χ1n) is 7.27. The zero-order valence-corrected chi connectivity index (χ0v) is 13.1. The largest absolute Gasteiger partial charge is 0.573 e. The zero-order valence-electron chi connectivity index (χ0n) is 12.2. The molecule has 0 unspecified atom stereocenters. The third kappa shape index (κ3) is 5.36. The molecule has 1 aliphatic rings. The molecule has 0 spiro atoms. The van der Waals surface area contributed by atoms with Gasteiger partial charge in [-0.1, -0.05) is 19.8 Å². The van der Waals surface area contributed by atoms with Crippen molar-refractivity contribution in [3.8, 4) is 5.75 Å². The second kappa shape index (κ2) is 7.17. The van der Waals surface area contributed by atoms with Crippen molar-refractivity contribution in [1.29, 1.82) is 0 Å². The summed E-state index contributed by atoms with van der Waals surface area (Å²) in [6.07, 6.45) is 0.0301. The van der Waals surface area contributed by atoms with E-state index in [2.05, 4.69) is 22.3 Å².